The Balaban J connectivity index is 1.80. The molecule has 1 heterocycles. The lowest BCUT2D eigenvalue weighted by atomic mass is 10.1. The third kappa shape index (κ3) is 5.31. The van der Waals surface area contributed by atoms with Crippen molar-refractivity contribution in [2.24, 2.45) is 0 Å². The Morgan fingerprint density at radius 3 is 2.52 bits per heavy atom. The average Bonchev–Trinajstić information content (AvgIpc) is 2.75. The predicted octanol–water partition coefficient (Wildman–Crippen LogP) is 5.08. The number of alkyl halides is 5. The maximum atomic E-state index is 14.3. The molecule has 10 heteroatoms. The van der Waals surface area contributed by atoms with Crippen molar-refractivity contribution in [3.8, 4) is 17.2 Å². The van der Waals surface area contributed by atoms with E-state index in [1.54, 1.807) is 0 Å². The van der Waals surface area contributed by atoms with Crippen molar-refractivity contribution in [2.45, 2.75) is 18.9 Å². The van der Waals surface area contributed by atoms with Gasteiger partial charge in [-0.25, -0.2) is 13.2 Å². The highest BCUT2D eigenvalue weighted by Gasteiger charge is 2.35. The topological polar surface area (TPSA) is 44.8 Å². The van der Waals surface area contributed by atoms with Gasteiger partial charge in [0.1, 0.15) is 55.9 Å². The van der Waals surface area contributed by atoms with E-state index in [1.807, 2.05) is 0 Å². The van der Waals surface area contributed by atoms with E-state index in [9.17, 15) is 31.1 Å². The van der Waals surface area contributed by atoms with Crippen molar-refractivity contribution in [1.29, 1.82) is 0 Å². The smallest absolute Gasteiger partial charge is 0.419 e. The molecule has 166 valence electrons. The Kier molecular flexibility index (Phi) is 6.77. The van der Waals surface area contributed by atoms with Crippen LogP contribution in [0.4, 0.5) is 26.3 Å². The zero-order valence-corrected chi connectivity index (χ0v) is 15.8. The number of aldehydes is 1. The molecule has 0 atom stereocenters. The molecule has 1 aliphatic heterocycles. The summed E-state index contributed by atoms with van der Waals surface area (Å²) >= 11 is 0. The second-order valence-electron chi connectivity index (χ2n) is 6.61. The lowest BCUT2D eigenvalue weighted by molar-refractivity contribution is -0.139. The zero-order valence-electron chi connectivity index (χ0n) is 15.8. The number of benzene rings is 2. The van der Waals surface area contributed by atoms with Crippen molar-refractivity contribution in [2.75, 3.05) is 20.0 Å². The Morgan fingerprint density at radius 1 is 1.13 bits per heavy atom. The fourth-order valence-corrected chi connectivity index (χ4v) is 2.81. The molecular formula is C21H16F6O4. The van der Waals surface area contributed by atoms with Crippen LogP contribution in [0.5, 0.6) is 17.2 Å². The minimum Gasteiger partial charge on any atom is -0.489 e. The van der Waals surface area contributed by atoms with Crippen LogP contribution >= 0.6 is 0 Å². The largest absolute Gasteiger partial charge is 0.489 e. The van der Waals surface area contributed by atoms with E-state index in [-0.39, 0.29) is 41.4 Å². The molecule has 0 saturated carbocycles. The van der Waals surface area contributed by atoms with E-state index in [4.69, 9.17) is 14.2 Å². The first-order chi connectivity index (χ1) is 14.7. The van der Waals surface area contributed by atoms with Gasteiger partial charge in [0, 0.05) is 17.7 Å². The summed E-state index contributed by atoms with van der Waals surface area (Å²) in [6.45, 7) is -2.97. The van der Waals surface area contributed by atoms with Crippen molar-refractivity contribution in [3.63, 3.8) is 0 Å². The maximum Gasteiger partial charge on any atom is 0.419 e. The van der Waals surface area contributed by atoms with Crippen LogP contribution in [0.3, 0.4) is 0 Å². The van der Waals surface area contributed by atoms with E-state index in [0.717, 1.165) is 18.2 Å². The Hall–Kier alpha value is -3.17. The van der Waals surface area contributed by atoms with Crippen LogP contribution in [-0.2, 0) is 17.6 Å². The Labute approximate surface area is 173 Å². The van der Waals surface area contributed by atoms with Gasteiger partial charge >= 0.3 is 6.18 Å². The molecule has 31 heavy (non-hydrogen) atoms. The van der Waals surface area contributed by atoms with Crippen LogP contribution in [0.1, 0.15) is 16.7 Å². The molecule has 0 spiro atoms. The van der Waals surface area contributed by atoms with Gasteiger partial charge in [0.2, 0.25) is 0 Å². The van der Waals surface area contributed by atoms with Crippen LogP contribution in [0.2, 0.25) is 0 Å². The van der Waals surface area contributed by atoms with Crippen molar-refractivity contribution < 1.29 is 45.3 Å². The van der Waals surface area contributed by atoms with Gasteiger partial charge in [0.15, 0.2) is 6.10 Å². The van der Waals surface area contributed by atoms with Gasteiger partial charge < -0.3 is 14.2 Å². The molecule has 0 fully saturated rings. The van der Waals surface area contributed by atoms with Crippen LogP contribution in [0, 0.1) is 5.82 Å². The van der Waals surface area contributed by atoms with E-state index in [1.165, 1.54) is 18.2 Å². The molecule has 0 radical (unpaired) electrons. The second kappa shape index (κ2) is 9.32. The predicted molar refractivity (Wildman–Crippen MR) is 98.1 cm³/mol. The second-order valence-corrected chi connectivity index (χ2v) is 6.61. The number of carbonyl (C=O) groups is 1. The first-order valence-electron chi connectivity index (χ1n) is 8.98. The zero-order chi connectivity index (χ0) is 22.6. The molecule has 0 N–H and O–H groups in total. The van der Waals surface area contributed by atoms with Crippen LogP contribution < -0.4 is 14.2 Å². The van der Waals surface area contributed by atoms with Crippen molar-refractivity contribution in [3.05, 3.63) is 58.4 Å². The molecule has 2 aromatic rings. The van der Waals surface area contributed by atoms with Gasteiger partial charge in [-0.15, -0.1) is 0 Å². The fourth-order valence-electron chi connectivity index (χ4n) is 2.81. The molecule has 0 aromatic heterocycles. The number of carbonyl (C=O) groups excluding carboxylic acids is 1. The molecule has 4 nitrogen and oxygen atoms in total. The van der Waals surface area contributed by atoms with Crippen LogP contribution in [0.25, 0.3) is 6.08 Å². The average molecular weight is 446 g/mol. The minimum atomic E-state index is -4.84. The summed E-state index contributed by atoms with van der Waals surface area (Å²) in [4.78, 5) is 10.8. The highest BCUT2D eigenvalue weighted by atomic mass is 19.4. The third-order valence-electron chi connectivity index (χ3n) is 4.33. The lowest BCUT2D eigenvalue weighted by Gasteiger charge is -2.19. The molecular weight excluding hydrogens is 430 g/mol. The number of hydrogen-bond donors (Lipinski definition) is 0. The molecule has 1 aliphatic rings. The molecule has 0 amide bonds. The fraction of sp³-hybridized carbons (Fsp3) is 0.286. The summed E-state index contributed by atoms with van der Waals surface area (Å²) in [6.07, 6.45) is -4.60. The van der Waals surface area contributed by atoms with E-state index in [0.29, 0.717) is 6.29 Å². The molecule has 2 aromatic carbocycles. The number of hydrogen-bond acceptors (Lipinski definition) is 4. The highest BCUT2D eigenvalue weighted by molar-refractivity contribution is 5.84. The van der Waals surface area contributed by atoms with Crippen LogP contribution in [-0.4, -0.2) is 32.3 Å². The van der Waals surface area contributed by atoms with Gasteiger partial charge in [-0.05, 0) is 23.8 Å². The summed E-state index contributed by atoms with van der Waals surface area (Å²) in [5.41, 5.74) is -0.826. The molecule has 3 rings (SSSR count). The molecule has 0 bridgehead atoms. The third-order valence-corrected chi connectivity index (χ3v) is 4.33. The normalized spacial score (nSPS) is 13.3. The van der Waals surface area contributed by atoms with Gasteiger partial charge in [-0.3, -0.25) is 4.79 Å². The standard InChI is InChI=1S/C21H16F6O4/c22-7-15(8-23)31-19-2-1-12(4-17(19)21(25,26)27)10-29-14-5-18(24)16-3-13(9-28)11-30-20(16)6-14/h1-6,9,15H,7-8,10-11H2. The number of fused-ring (bicyclic) bond motifs is 1. The first kappa shape index (κ1) is 22.5. The highest BCUT2D eigenvalue weighted by Crippen LogP contribution is 2.38. The van der Waals surface area contributed by atoms with Gasteiger partial charge in [-0.2, -0.15) is 13.2 Å². The van der Waals surface area contributed by atoms with Crippen molar-refractivity contribution in [1.82, 2.24) is 0 Å². The molecule has 0 unspecified atom stereocenters. The molecule has 0 saturated heterocycles. The van der Waals surface area contributed by atoms with E-state index < -0.39 is 42.8 Å². The summed E-state index contributed by atoms with van der Waals surface area (Å²) < 4.78 is 95.0. The minimum absolute atomic E-state index is 0.00279. The lowest BCUT2D eigenvalue weighted by Crippen LogP contribution is -2.23. The summed E-state index contributed by atoms with van der Waals surface area (Å²) in [5, 5.41) is 0. The number of halogens is 6. The quantitative estimate of drug-likeness (QED) is 0.419. The van der Waals surface area contributed by atoms with Gasteiger partial charge in [-0.1, -0.05) is 6.07 Å². The van der Waals surface area contributed by atoms with Gasteiger partial charge in [0.25, 0.3) is 0 Å². The summed E-state index contributed by atoms with van der Waals surface area (Å²) in [5.74, 6) is -1.30. The Bertz CT molecular complexity index is 983. The monoisotopic (exact) mass is 446 g/mol. The van der Waals surface area contributed by atoms with E-state index in [2.05, 4.69) is 0 Å². The number of rotatable bonds is 8. The molecule has 0 aliphatic carbocycles. The van der Waals surface area contributed by atoms with Gasteiger partial charge in [0.05, 0.1) is 11.1 Å². The van der Waals surface area contributed by atoms with Crippen molar-refractivity contribution >= 4 is 12.4 Å². The van der Waals surface area contributed by atoms with E-state index >= 15 is 0 Å². The maximum absolute atomic E-state index is 14.3. The number of ether oxygens (including phenoxy) is 3. The Morgan fingerprint density at radius 2 is 1.87 bits per heavy atom. The first-order valence-corrected chi connectivity index (χ1v) is 8.98. The SMILES string of the molecule is O=CC1=Cc2c(F)cc(OCc3ccc(OC(CF)CF)c(C(F)(F)F)c3)cc2OC1. The summed E-state index contributed by atoms with van der Waals surface area (Å²) in [7, 11) is 0. The summed E-state index contributed by atoms with van der Waals surface area (Å²) in [6, 6.07) is 5.28. The van der Waals surface area contributed by atoms with Crippen LogP contribution in [0.15, 0.2) is 35.9 Å².